The number of aliphatic hydroxyl groups excluding tert-OH is 1. The number of ether oxygens (including phenoxy) is 1. The van der Waals surface area contributed by atoms with Gasteiger partial charge in [-0.3, -0.25) is 9.36 Å². The molecule has 3 aromatic carbocycles. The molecule has 4 rings (SSSR count). The molecule has 140 valence electrons. The molecule has 0 bridgehead atoms. The first-order chi connectivity index (χ1) is 13.7. The molecular formula is C21H17N3O4. The lowest BCUT2D eigenvalue weighted by molar-refractivity contribution is -0.120. The molecule has 0 aliphatic carbocycles. The van der Waals surface area contributed by atoms with Crippen LogP contribution in [0.3, 0.4) is 0 Å². The number of benzene rings is 3. The SMILES string of the molecule is O=C(COc1ccc2ccccc2c1)N=Nc1c(O)n(CO)c2ccccc12. The molecule has 0 saturated carbocycles. The molecule has 7 nitrogen and oxygen atoms in total. The van der Waals surface area contributed by atoms with Crippen LogP contribution in [0.15, 0.2) is 77.0 Å². The summed E-state index contributed by atoms with van der Waals surface area (Å²) in [7, 11) is 0. The number of nitrogens with zero attached hydrogens (tertiary/aromatic N) is 3. The highest BCUT2D eigenvalue weighted by Crippen LogP contribution is 2.38. The van der Waals surface area contributed by atoms with E-state index in [-0.39, 0.29) is 18.2 Å². The third-order valence-corrected chi connectivity index (χ3v) is 4.40. The average Bonchev–Trinajstić information content (AvgIpc) is 3.01. The van der Waals surface area contributed by atoms with E-state index in [0.29, 0.717) is 16.7 Å². The topological polar surface area (TPSA) is 96.4 Å². The van der Waals surface area contributed by atoms with Crippen LogP contribution in [0.4, 0.5) is 5.69 Å². The number of hydrogen-bond acceptors (Lipinski definition) is 5. The molecule has 4 aromatic rings. The van der Waals surface area contributed by atoms with Crippen molar-refractivity contribution in [1.29, 1.82) is 0 Å². The zero-order chi connectivity index (χ0) is 19.5. The fourth-order valence-corrected chi connectivity index (χ4v) is 3.05. The van der Waals surface area contributed by atoms with Crippen molar-refractivity contribution in [2.45, 2.75) is 6.73 Å². The van der Waals surface area contributed by atoms with Crippen LogP contribution in [0.2, 0.25) is 0 Å². The number of rotatable bonds is 5. The summed E-state index contributed by atoms with van der Waals surface area (Å²) >= 11 is 0. The van der Waals surface area contributed by atoms with Gasteiger partial charge in [-0.05, 0) is 29.0 Å². The fraction of sp³-hybridized carbons (Fsp3) is 0.0952. The van der Waals surface area contributed by atoms with Gasteiger partial charge in [0.1, 0.15) is 12.5 Å². The second-order valence-corrected chi connectivity index (χ2v) is 6.15. The number of hydrogen-bond donors (Lipinski definition) is 2. The summed E-state index contributed by atoms with van der Waals surface area (Å²) in [6, 6.07) is 20.4. The third-order valence-electron chi connectivity index (χ3n) is 4.40. The largest absolute Gasteiger partial charge is 0.493 e. The molecule has 2 N–H and O–H groups in total. The molecule has 28 heavy (non-hydrogen) atoms. The molecule has 0 radical (unpaired) electrons. The van der Waals surface area contributed by atoms with Gasteiger partial charge < -0.3 is 14.9 Å². The van der Waals surface area contributed by atoms with Crippen molar-refractivity contribution in [1.82, 2.24) is 4.57 Å². The maximum atomic E-state index is 12.1. The van der Waals surface area contributed by atoms with Crippen molar-refractivity contribution in [3.63, 3.8) is 0 Å². The van der Waals surface area contributed by atoms with Crippen molar-refractivity contribution in [3.8, 4) is 11.6 Å². The maximum Gasteiger partial charge on any atom is 0.302 e. The lowest BCUT2D eigenvalue weighted by atomic mass is 10.1. The quantitative estimate of drug-likeness (QED) is 0.512. The molecular weight excluding hydrogens is 358 g/mol. The lowest BCUT2D eigenvalue weighted by Gasteiger charge is -2.04. The molecule has 0 unspecified atom stereocenters. The molecule has 0 fully saturated rings. The van der Waals surface area contributed by atoms with Crippen LogP contribution in [0.5, 0.6) is 11.6 Å². The van der Waals surface area contributed by atoms with E-state index in [4.69, 9.17) is 4.74 Å². The Labute approximate surface area is 160 Å². The summed E-state index contributed by atoms with van der Waals surface area (Å²) in [6.07, 6.45) is 0. The Morgan fingerprint density at radius 3 is 2.57 bits per heavy atom. The number of aromatic nitrogens is 1. The number of aromatic hydroxyl groups is 1. The summed E-state index contributed by atoms with van der Waals surface area (Å²) in [5, 5.41) is 29.9. The lowest BCUT2D eigenvalue weighted by Crippen LogP contribution is -2.07. The van der Waals surface area contributed by atoms with E-state index in [1.165, 1.54) is 4.57 Å². The number of carbonyl (C=O) groups excluding carboxylic acids is 1. The Balaban J connectivity index is 1.50. The third kappa shape index (κ3) is 3.30. The Bertz CT molecular complexity index is 1200. The summed E-state index contributed by atoms with van der Waals surface area (Å²) < 4.78 is 6.77. The van der Waals surface area contributed by atoms with Crippen LogP contribution >= 0.6 is 0 Å². The summed E-state index contributed by atoms with van der Waals surface area (Å²) in [5.74, 6) is -0.286. The first-order valence-corrected chi connectivity index (χ1v) is 8.64. The molecule has 1 amide bonds. The summed E-state index contributed by atoms with van der Waals surface area (Å²) in [6.45, 7) is -0.692. The average molecular weight is 375 g/mol. The fourth-order valence-electron chi connectivity index (χ4n) is 3.05. The number of para-hydroxylation sites is 1. The molecule has 0 atom stereocenters. The van der Waals surface area contributed by atoms with Gasteiger partial charge in [-0.15, -0.1) is 10.2 Å². The van der Waals surface area contributed by atoms with E-state index in [0.717, 1.165) is 10.8 Å². The predicted octanol–water partition coefficient (Wildman–Crippen LogP) is 4.14. The Kier molecular flexibility index (Phi) is 4.74. The Hall–Kier alpha value is -3.71. The number of azo groups is 1. The van der Waals surface area contributed by atoms with Gasteiger partial charge >= 0.3 is 5.91 Å². The van der Waals surface area contributed by atoms with Crippen LogP contribution in [-0.4, -0.2) is 27.3 Å². The van der Waals surface area contributed by atoms with Gasteiger partial charge in [-0.2, -0.15) is 0 Å². The van der Waals surface area contributed by atoms with E-state index in [9.17, 15) is 15.0 Å². The smallest absolute Gasteiger partial charge is 0.302 e. The van der Waals surface area contributed by atoms with Crippen molar-refractivity contribution in [2.24, 2.45) is 10.2 Å². The highest BCUT2D eigenvalue weighted by atomic mass is 16.5. The monoisotopic (exact) mass is 375 g/mol. The first-order valence-electron chi connectivity index (χ1n) is 8.64. The number of carbonyl (C=O) groups is 1. The van der Waals surface area contributed by atoms with Gasteiger partial charge in [0.25, 0.3) is 0 Å². The maximum absolute atomic E-state index is 12.1. The van der Waals surface area contributed by atoms with Gasteiger partial charge in [-0.25, -0.2) is 0 Å². The van der Waals surface area contributed by atoms with Gasteiger partial charge in [0.2, 0.25) is 5.88 Å². The van der Waals surface area contributed by atoms with E-state index in [1.54, 1.807) is 30.3 Å². The van der Waals surface area contributed by atoms with Gasteiger partial charge in [0.05, 0.1) is 5.52 Å². The minimum absolute atomic E-state index is 0.128. The minimum Gasteiger partial charge on any atom is -0.493 e. The number of fused-ring (bicyclic) bond motifs is 2. The van der Waals surface area contributed by atoms with Crippen LogP contribution in [0.25, 0.3) is 21.7 Å². The highest BCUT2D eigenvalue weighted by Gasteiger charge is 2.16. The van der Waals surface area contributed by atoms with Gasteiger partial charge in [0, 0.05) is 5.39 Å². The molecule has 1 heterocycles. The second kappa shape index (κ2) is 7.50. The number of aliphatic hydroxyl groups is 1. The van der Waals surface area contributed by atoms with Crippen LogP contribution in [0.1, 0.15) is 0 Å². The van der Waals surface area contributed by atoms with Gasteiger partial charge in [-0.1, -0.05) is 48.5 Å². The first kappa shape index (κ1) is 17.7. The molecule has 0 aliphatic rings. The van der Waals surface area contributed by atoms with E-state index < -0.39 is 12.6 Å². The molecule has 0 spiro atoms. The van der Waals surface area contributed by atoms with E-state index in [2.05, 4.69) is 10.2 Å². The summed E-state index contributed by atoms with van der Waals surface area (Å²) in [4.78, 5) is 12.1. The Morgan fingerprint density at radius 1 is 1.00 bits per heavy atom. The van der Waals surface area contributed by atoms with Crippen LogP contribution in [-0.2, 0) is 11.5 Å². The van der Waals surface area contributed by atoms with E-state index >= 15 is 0 Å². The molecule has 0 aliphatic heterocycles. The van der Waals surface area contributed by atoms with E-state index in [1.807, 2.05) is 36.4 Å². The Morgan fingerprint density at radius 2 is 1.75 bits per heavy atom. The standard InChI is InChI=1S/C21H17N3O4/c25-13-24-18-8-4-3-7-17(18)20(21(24)27)23-22-19(26)12-28-16-10-9-14-5-1-2-6-15(14)11-16/h1-11,25,27H,12-13H2. The summed E-state index contributed by atoms with van der Waals surface area (Å²) in [5.41, 5.74) is 0.722. The zero-order valence-electron chi connectivity index (χ0n) is 14.8. The second-order valence-electron chi connectivity index (χ2n) is 6.15. The highest BCUT2D eigenvalue weighted by molar-refractivity contribution is 5.95. The number of amides is 1. The molecule has 7 heteroatoms. The van der Waals surface area contributed by atoms with Crippen LogP contribution in [0, 0.1) is 0 Å². The molecule has 0 saturated heterocycles. The van der Waals surface area contributed by atoms with Crippen molar-refractivity contribution in [3.05, 3.63) is 66.7 Å². The minimum atomic E-state index is -0.589. The normalized spacial score (nSPS) is 11.5. The van der Waals surface area contributed by atoms with Crippen LogP contribution < -0.4 is 4.74 Å². The van der Waals surface area contributed by atoms with Gasteiger partial charge in [0.15, 0.2) is 12.3 Å². The molecule has 1 aromatic heterocycles. The van der Waals surface area contributed by atoms with Crippen molar-refractivity contribution in [2.75, 3.05) is 6.61 Å². The predicted molar refractivity (Wildman–Crippen MR) is 105 cm³/mol. The zero-order valence-corrected chi connectivity index (χ0v) is 14.8. The van der Waals surface area contributed by atoms with Crippen molar-refractivity contribution >= 4 is 33.3 Å². The van der Waals surface area contributed by atoms with Crippen molar-refractivity contribution < 1.29 is 19.7 Å².